The Labute approximate surface area is 173 Å². The van der Waals surface area contributed by atoms with Crippen LogP contribution in [0.3, 0.4) is 0 Å². The molecule has 0 radical (unpaired) electrons. The Bertz CT molecular complexity index is 738. The maximum atomic E-state index is 3.77. The molecule has 0 aliphatic heterocycles. The molecular weight excluding hydrogens is 448 g/mol. The van der Waals surface area contributed by atoms with Gasteiger partial charge in [-0.15, -0.1) is 0 Å². The molecule has 2 aromatic rings. The van der Waals surface area contributed by atoms with Crippen molar-refractivity contribution < 1.29 is 0 Å². The number of rotatable bonds is 0. The quantitative estimate of drug-likeness (QED) is 0.344. The first kappa shape index (κ1) is 18.3. The average molecular weight is 472 g/mol. The van der Waals surface area contributed by atoms with E-state index in [0.29, 0.717) is 0 Å². The highest BCUT2D eigenvalue weighted by atomic mass is 79.9. The van der Waals surface area contributed by atoms with Gasteiger partial charge in [-0.2, -0.15) is 0 Å². The zero-order valence-corrected chi connectivity index (χ0v) is 18.2. The minimum Gasteiger partial charge on any atom is -0.0882 e. The van der Waals surface area contributed by atoms with Gasteiger partial charge in [0.15, 0.2) is 0 Å². The van der Waals surface area contributed by atoms with Gasteiger partial charge >= 0.3 is 0 Å². The summed E-state index contributed by atoms with van der Waals surface area (Å²) >= 11 is 7.54. The third-order valence-corrected chi connectivity index (χ3v) is 6.35. The van der Waals surface area contributed by atoms with Crippen LogP contribution in [0.2, 0.25) is 0 Å². The molecule has 0 saturated heterocycles. The van der Waals surface area contributed by atoms with Crippen LogP contribution >= 0.6 is 31.9 Å². The van der Waals surface area contributed by atoms with Gasteiger partial charge in [-0.3, -0.25) is 0 Å². The number of halogens is 2. The van der Waals surface area contributed by atoms with Crippen molar-refractivity contribution in [2.45, 2.75) is 51.4 Å². The molecule has 0 fully saturated rings. The summed E-state index contributed by atoms with van der Waals surface area (Å²) in [5.74, 6) is 0. The molecule has 4 rings (SSSR count). The molecule has 26 heavy (non-hydrogen) atoms. The van der Waals surface area contributed by atoms with Crippen LogP contribution in [-0.4, -0.2) is 0 Å². The molecule has 2 aromatic carbocycles. The molecule has 0 unspecified atom stereocenters. The number of hydrogen-bond donors (Lipinski definition) is 0. The van der Waals surface area contributed by atoms with E-state index in [1.165, 1.54) is 42.3 Å². The number of allylic oxidation sites excluding steroid dienone is 4. The van der Waals surface area contributed by atoms with Crippen molar-refractivity contribution in [3.8, 4) is 11.1 Å². The number of aryl methyl sites for hydroxylation is 4. The fraction of sp³-hybridized carbons (Fsp3) is 0.333. The molecule has 0 N–H and O–H groups in total. The lowest BCUT2D eigenvalue weighted by atomic mass is 9.82. The molecule has 0 atom stereocenters. The van der Waals surface area contributed by atoms with Crippen LogP contribution in [0, 0.1) is 0 Å². The summed E-state index contributed by atoms with van der Waals surface area (Å²) in [6.07, 6.45) is 18.4. The fourth-order valence-electron chi connectivity index (χ4n) is 4.31. The molecule has 2 aliphatic rings. The molecule has 0 amide bonds. The van der Waals surface area contributed by atoms with Crippen LogP contribution < -0.4 is 0 Å². The zero-order valence-electron chi connectivity index (χ0n) is 15.0. The molecule has 0 saturated carbocycles. The van der Waals surface area contributed by atoms with Crippen molar-refractivity contribution in [1.29, 1.82) is 0 Å². The van der Waals surface area contributed by atoms with Crippen LogP contribution in [0.1, 0.15) is 47.9 Å². The lowest BCUT2D eigenvalue weighted by Gasteiger charge is -2.23. The molecule has 2 aliphatic carbocycles. The van der Waals surface area contributed by atoms with E-state index in [2.05, 4.69) is 80.4 Å². The van der Waals surface area contributed by atoms with Gasteiger partial charge in [-0.05, 0) is 109 Å². The van der Waals surface area contributed by atoms with Crippen LogP contribution in [0.15, 0.2) is 57.5 Å². The first-order valence-corrected chi connectivity index (χ1v) is 11.2. The Morgan fingerprint density at radius 1 is 0.462 bits per heavy atom. The van der Waals surface area contributed by atoms with E-state index in [1.807, 2.05) is 0 Å². The second-order valence-electron chi connectivity index (χ2n) is 7.30. The van der Waals surface area contributed by atoms with Crippen molar-refractivity contribution in [2.24, 2.45) is 0 Å². The van der Waals surface area contributed by atoms with Crippen molar-refractivity contribution in [2.75, 3.05) is 0 Å². The van der Waals surface area contributed by atoms with E-state index in [1.54, 1.807) is 0 Å². The van der Waals surface area contributed by atoms with E-state index in [9.17, 15) is 0 Å². The molecule has 0 heterocycles. The monoisotopic (exact) mass is 470 g/mol. The third kappa shape index (κ3) is 3.92. The van der Waals surface area contributed by atoms with Gasteiger partial charge in [0.05, 0.1) is 0 Å². The summed E-state index contributed by atoms with van der Waals surface area (Å²) in [4.78, 5) is 0. The van der Waals surface area contributed by atoms with Crippen LogP contribution in [0.25, 0.3) is 11.1 Å². The number of benzene rings is 2. The third-order valence-electron chi connectivity index (χ3n) is 5.44. The summed E-state index contributed by atoms with van der Waals surface area (Å²) in [6, 6.07) is 9.41. The van der Waals surface area contributed by atoms with Gasteiger partial charge in [0, 0.05) is 8.95 Å². The Morgan fingerprint density at radius 2 is 0.731 bits per heavy atom. The molecule has 0 nitrogen and oxygen atoms in total. The van der Waals surface area contributed by atoms with E-state index >= 15 is 0 Å². The van der Waals surface area contributed by atoms with Gasteiger partial charge in [0.1, 0.15) is 0 Å². The standard InChI is InChI=1S/C24H24Br2/c25-21-13-17-9-5-1-2-6-10-18-14-22(26)16-20-12-8-4-3-7-11-19(15-21)23(17)24(18)20/h1-4,13-16H,5-12H2/b2-1-,4-3-. The molecule has 134 valence electrons. The zero-order chi connectivity index (χ0) is 17.9. The van der Waals surface area contributed by atoms with Crippen molar-refractivity contribution in [3.05, 3.63) is 79.8 Å². The molecule has 0 bridgehead atoms. The first-order valence-electron chi connectivity index (χ1n) is 9.65. The SMILES string of the molecule is Brc1cc2c3c(c1)CC/C=C\CCc1cc(Br)cc(c1-3)CC/C=C\CC2. The van der Waals surface area contributed by atoms with Gasteiger partial charge < -0.3 is 0 Å². The lowest BCUT2D eigenvalue weighted by Crippen LogP contribution is -2.05. The number of hydrogen-bond acceptors (Lipinski definition) is 0. The van der Waals surface area contributed by atoms with Crippen molar-refractivity contribution >= 4 is 31.9 Å². The maximum absolute atomic E-state index is 3.77. The molecule has 0 spiro atoms. The smallest absolute Gasteiger partial charge is 0.0181 e. The predicted molar refractivity (Wildman–Crippen MR) is 119 cm³/mol. The Morgan fingerprint density at radius 3 is 1.00 bits per heavy atom. The highest BCUT2D eigenvalue weighted by Gasteiger charge is 2.20. The highest BCUT2D eigenvalue weighted by molar-refractivity contribution is 9.10. The molecule has 2 heteroatoms. The highest BCUT2D eigenvalue weighted by Crippen LogP contribution is 2.40. The van der Waals surface area contributed by atoms with Gasteiger partial charge in [-0.1, -0.05) is 56.2 Å². The average Bonchev–Trinajstić information content (AvgIpc) is 2.61. The predicted octanol–water partition coefficient (Wildman–Crippen LogP) is 7.75. The summed E-state index contributed by atoms with van der Waals surface area (Å²) in [5, 5.41) is 0. The van der Waals surface area contributed by atoms with Gasteiger partial charge in [-0.25, -0.2) is 0 Å². The van der Waals surface area contributed by atoms with Gasteiger partial charge in [0.25, 0.3) is 0 Å². The fourth-order valence-corrected chi connectivity index (χ4v) is 5.41. The van der Waals surface area contributed by atoms with Crippen LogP contribution in [-0.2, 0) is 25.7 Å². The Balaban J connectivity index is 2.04. The summed E-state index contributed by atoms with van der Waals surface area (Å²) in [6.45, 7) is 0. The topological polar surface area (TPSA) is 0 Å². The molecule has 0 aromatic heterocycles. The Hall–Kier alpha value is -1.12. The maximum Gasteiger partial charge on any atom is 0.0181 e. The van der Waals surface area contributed by atoms with Crippen LogP contribution in [0.5, 0.6) is 0 Å². The summed E-state index contributed by atoms with van der Waals surface area (Å²) in [7, 11) is 0. The van der Waals surface area contributed by atoms with E-state index in [-0.39, 0.29) is 0 Å². The second-order valence-corrected chi connectivity index (χ2v) is 9.13. The van der Waals surface area contributed by atoms with Crippen molar-refractivity contribution in [3.63, 3.8) is 0 Å². The molecular formula is C24H24Br2. The van der Waals surface area contributed by atoms with Crippen molar-refractivity contribution in [1.82, 2.24) is 0 Å². The Kier molecular flexibility index (Phi) is 5.81. The summed E-state index contributed by atoms with van der Waals surface area (Å²) < 4.78 is 2.43. The van der Waals surface area contributed by atoms with E-state index < -0.39 is 0 Å². The van der Waals surface area contributed by atoms with Gasteiger partial charge in [0.2, 0.25) is 0 Å². The summed E-state index contributed by atoms with van der Waals surface area (Å²) in [5.41, 5.74) is 9.03. The first-order chi connectivity index (χ1) is 12.7. The van der Waals surface area contributed by atoms with Crippen LogP contribution in [0.4, 0.5) is 0 Å². The lowest BCUT2D eigenvalue weighted by molar-refractivity contribution is 0.911. The largest absolute Gasteiger partial charge is 0.0882 e. The minimum absolute atomic E-state index is 1.11. The van der Waals surface area contributed by atoms with E-state index in [0.717, 1.165) is 51.4 Å². The second kappa shape index (κ2) is 8.27. The normalized spacial score (nSPS) is 19.3. The van der Waals surface area contributed by atoms with E-state index in [4.69, 9.17) is 0 Å². The minimum atomic E-state index is 1.11.